The van der Waals surface area contributed by atoms with Gasteiger partial charge in [0, 0.05) is 20.1 Å². The summed E-state index contributed by atoms with van der Waals surface area (Å²) in [6.07, 6.45) is 2.13. The number of para-hydroxylation sites is 1. The van der Waals surface area contributed by atoms with Crippen molar-refractivity contribution in [2.24, 2.45) is 5.73 Å². The zero-order valence-electron chi connectivity index (χ0n) is 12.1. The highest BCUT2D eigenvalue weighted by Gasteiger charge is 2.09. The molecule has 1 amide bonds. The number of rotatable bonds is 7. The minimum Gasteiger partial charge on any atom is -0.493 e. The summed E-state index contributed by atoms with van der Waals surface area (Å²) in [5.41, 5.74) is 7.08. The Bertz CT molecular complexity index is 405. The molecule has 2 N–H and O–H groups in total. The molecular formula is C15H24N2O2. The van der Waals surface area contributed by atoms with Crippen molar-refractivity contribution in [2.45, 2.75) is 32.2 Å². The van der Waals surface area contributed by atoms with E-state index < -0.39 is 0 Å². The Morgan fingerprint density at radius 2 is 2.05 bits per heavy atom. The third-order valence-corrected chi connectivity index (χ3v) is 3.05. The number of nitrogens with zero attached hydrogens (tertiary/aromatic N) is 1. The Labute approximate surface area is 115 Å². The number of carbonyl (C=O) groups is 1. The van der Waals surface area contributed by atoms with E-state index >= 15 is 0 Å². The maximum atomic E-state index is 11.5. The second kappa shape index (κ2) is 7.79. The summed E-state index contributed by atoms with van der Waals surface area (Å²) in [7, 11) is 3.49. The van der Waals surface area contributed by atoms with Crippen molar-refractivity contribution in [3.63, 3.8) is 0 Å². The quantitative estimate of drug-likeness (QED) is 0.817. The van der Waals surface area contributed by atoms with Crippen LogP contribution in [-0.4, -0.2) is 37.6 Å². The van der Waals surface area contributed by atoms with Gasteiger partial charge in [0.25, 0.3) is 0 Å². The first kappa shape index (κ1) is 15.5. The fraction of sp³-hybridized carbons (Fsp3) is 0.533. The molecular weight excluding hydrogens is 240 g/mol. The molecule has 0 spiro atoms. The lowest BCUT2D eigenvalue weighted by Crippen LogP contribution is -2.24. The molecule has 0 fully saturated rings. The lowest BCUT2D eigenvalue weighted by Gasteiger charge is -2.15. The van der Waals surface area contributed by atoms with Crippen LogP contribution >= 0.6 is 0 Å². The van der Waals surface area contributed by atoms with Gasteiger partial charge in [-0.25, -0.2) is 0 Å². The number of amides is 1. The summed E-state index contributed by atoms with van der Waals surface area (Å²) in [5.74, 6) is 0.903. The zero-order valence-corrected chi connectivity index (χ0v) is 12.1. The third-order valence-electron chi connectivity index (χ3n) is 3.05. The summed E-state index contributed by atoms with van der Waals surface area (Å²) in [5, 5.41) is 0. The molecule has 4 nitrogen and oxygen atoms in total. The van der Waals surface area contributed by atoms with Crippen molar-refractivity contribution in [3.05, 3.63) is 29.8 Å². The average Bonchev–Trinajstić information content (AvgIpc) is 2.40. The molecule has 0 aliphatic rings. The van der Waals surface area contributed by atoms with E-state index in [4.69, 9.17) is 10.5 Å². The molecule has 1 rings (SSSR count). The Kier molecular flexibility index (Phi) is 6.36. The van der Waals surface area contributed by atoms with E-state index in [9.17, 15) is 4.79 Å². The van der Waals surface area contributed by atoms with Crippen LogP contribution < -0.4 is 10.5 Å². The van der Waals surface area contributed by atoms with Crippen LogP contribution in [0.25, 0.3) is 0 Å². The molecule has 4 heteroatoms. The smallest absolute Gasteiger partial charge is 0.225 e. The first-order valence-electron chi connectivity index (χ1n) is 6.71. The van der Waals surface area contributed by atoms with Crippen molar-refractivity contribution in [3.8, 4) is 5.75 Å². The Hall–Kier alpha value is -1.55. The molecule has 0 saturated heterocycles. The van der Waals surface area contributed by atoms with E-state index in [2.05, 4.69) is 6.92 Å². The lowest BCUT2D eigenvalue weighted by molar-refractivity contribution is -0.129. The van der Waals surface area contributed by atoms with Crippen LogP contribution in [0.3, 0.4) is 0 Å². The van der Waals surface area contributed by atoms with Crippen LogP contribution in [0.15, 0.2) is 24.3 Å². The standard InChI is InChI=1S/C15H24N2O2/c1-4-13(16)11-12-7-5-6-8-14(12)19-10-9-15(18)17(2)3/h5-8,13H,4,9-11,16H2,1-3H3. The molecule has 0 radical (unpaired) electrons. The molecule has 0 aliphatic carbocycles. The second-order valence-electron chi connectivity index (χ2n) is 4.87. The van der Waals surface area contributed by atoms with Gasteiger partial charge in [0.05, 0.1) is 13.0 Å². The van der Waals surface area contributed by atoms with Gasteiger partial charge in [-0.3, -0.25) is 4.79 Å². The summed E-state index contributed by atoms with van der Waals surface area (Å²) < 4.78 is 5.70. The fourth-order valence-electron chi connectivity index (χ4n) is 1.71. The third kappa shape index (κ3) is 5.30. The van der Waals surface area contributed by atoms with Crippen molar-refractivity contribution < 1.29 is 9.53 Å². The first-order chi connectivity index (χ1) is 9.04. The van der Waals surface area contributed by atoms with E-state index in [0.29, 0.717) is 13.0 Å². The number of nitrogens with two attached hydrogens (primary N) is 1. The summed E-state index contributed by atoms with van der Waals surface area (Å²) >= 11 is 0. The van der Waals surface area contributed by atoms with E-state index in [1.165, 1.54) is 0 Å². The number of benzene rings is 1. The van der Waals surface area contributed by atoms with Crippen molar-refractivity contribution in [1.29, 1.82) is 0 Å². The second-order valence-corrected chi connectivity index (χ2v) is 4.87. The Morgan fingerprint density at radius 3 is 2.68 bits per heavy atom. The van der Waals surface area contributed by atoms with Gasteiger partial charge in [-0.05, 0) is 24.5 Å². The van der Waals surface area contributed by atoms with E-state index in [-0.39, 0.29) is 11.9 Å². The minimum atomic E-state index is 0.0720. The molecule has 1 unspecified atom stereocenters. The fourth-order valence-corrected chi connectivity index (χ4v) is 1.71. The molecule has 1 atom stereocenters. The molecule has 0 bridgehead atoms. The molecule has 1 aromatic rings. The van der Waals surface area contributed by atoms with Crippen molar-refractivity contribution >= 4 is 5.91 Å². The van der Waals surface area contributed by atoms with Crippen LogP contribution in [-0.2, 0) is 11.2 Å². The highest BCUT2D eigenvalue weighted by molar-refractivity contribution is 5.75. The normalized spacial score (nSPS) is 12.0. The maximum Gasteiger partial charge on any atom is 0.225 e. The Balaban J connectivity index is 2.55. The van der Waals surface area contributed by atoms with Gasteiger partial charge < -0.3 is 15.4 Å². The van der Waals surface area contributed by atoms with E-state index in [1.807, 2.05) is 24.3 Å². The topological polar surface area (TPSA) is 55.6 Å². The molecule has 19 heavy (non-hydrogen) atoms. The van der Waals surface area contributed by atoms with Gasteiger partial charge >= 0.3 is 0 Å². The lowest BCUT2D eigenvalue weighted by atomic mass is 10.0. The van der Waals surface area contributed by atoms with Crippen LogP contribution in [0, 0.1) is 0 Å². The number of hydrogen-bond acceptors (Lipinski definition) is 3. The molecule has 0 saturated carbocycles. The van der Waals surface area contributed by atoms with Crippen molar-refractivity contribution in [1.82, 2.24) is 4.90 Å². The predicted octanol–water partition coefficient (Wildman–Crippen LogP) is 1.82. The molecule has 0 aliphatic heterocycles. The summed E-state index contributed by atoms with van der Waals surface area (Å²) in [6.45, 7) is 2.47. The summed E-state index contributed by atoms with van der Waals surface area (Å²) in [6, 6.07) is 8.02. The van der Waals surface area contributed by atoms with E-state index in [0.717, 1.165) is 24.2 Å². The highest BCUT2D eigenvalue weighted by Crippen LogP contribution is 2.20. The van der Waals surface area contributed by atoms with Gasteiger partial charge in [0.15, 0.2) is 0 Å². The molecule has 1 aromatic carbocycles. The van der Waals surface area contributed by atoms with Crippen LogP contribution in [0.1, 0.15) is 25.3 Å². The van der Waals surface area contributed by atoms with Crippen molar-refractivity contribution in [2.75, 3.05) is 20.7 Å². The SMILES string of the molecule is CCC(N)Cc1ccccc1OCCC(=O)N(C)C. The van der Waals surface area contributed by atoms with Gasteiger partial charge in [0.2, 0.25) is 5.91 Å². The predicted molar refractivity (Wildman–Crippen MR) is 77.2 cm³/mol. The number of hydrogen-bond donors (Lipinski definition) is 1. The van der Waals surface area contributed by atoms with Gasteiger partial charge in [0.1, 0.15) is 5.75 Å². The number of carbonyl (C=O) groups excluding carboxylic acids is 1. The van der Waals surface area contributed by atoms with Crippen LogP contribution in [0.4, 0.5) is 0 Å². The summed E-state index contributed by atoms with van der Waals surface area (Å²) in [4.78, 5) is 13.0. The molecule has 106 valence electrons. The van der Waals surface area contributed by atoms with Crippen LogP contribution in [0.2, 0.25) is 0 Å². The minimum absolute atomic E-state index is 0.0720. The largest absolute Gasteiger partial charge is 0.493 e. The Morgan fingerprint density at radius 1 is 1.37 bits per heavy atom. The maximum absolute atomic E-state index is 11.5. The average molecular weight is 264 g/mol. The molecule has 0 aromatic heterocycles. The monoisotopic (exact) mass is 264 g/mol. The zero-order chi connectivity index (χ0) is 14.3. The van der Waals surface area contributed by atoms with Gasteiger partial charge in [-0.2, -0.15) is 0 Å². The van der Waals surface area contributed by atoms with E-state index in [1.54, 1.807) is 19.0 Å². The van der Waals surface area contributed by atoms with Crippen LogP contribution in [0.5, 0.6) is 5.75 Å². The molecule has 0 heterocycles. The highest BCUT2D eigenvalue weighted by atomic mass is 16.5. The first-order valence-corrected chi connectivity index (χ1v) is 6.71. The van der Waals surface area contributed by atoms with Gasteiger partial charge in [-0.15, -0.1) is 0 Å². The number of ether oxygens (including phenoxy) is 1. The van der Waals surface area contributed by atoms with Gasteiger partial charge in [-0.1, -0.05) is 25.1 Å².